The van der Waals surface area contributed by atoms with E-state index in [0.29, 0.717) is 11.4 Å². The number of aromatic nitrogens is 1. The number of Topliss-reactive ketones (excluding diaryl/α,β-unsaturated/α-hetero) is 1. The summed E-state index contributed by atoms with van der Waals surface area (Å²) < 4.78 is 5.68. The van der Waals surface area contributed by atoms with Crippen LogP contribution in [0.15, 0.2) is 36.5 Å². The number of ketones is 1. The molecule has 0 atom stereocenters. The molecule has 3 nitrogen and oxygen atoms in total. The number of aryl methyl sites for hydroxylation is 2. The zero-order chi connectivity index (χ0) is 13.1. The number of pyridine rings is 1. The SMILES string of the molecule is CC(=O)c1ccc(Oc2ccc(C)c(C)c2)cn1. The van der Waals surface area contributed by atoms with Gasteiger partial charge in [-0.2, -0.15) is 0 Å². The highest BCUT2D eigenvalue weighted by Gasteiger charge is 2.03. The van der Waals surface area contributed by atoms with E-state index < -0.39 is 0 Å². The van der Waals surface area contributed by atoms with Crippen molar-refractivity contribution in [3.8, 4) is 11.5 Å². The summed E-state index contributed by atoms with van der Waals surface area (Å²) in [7, 11) is 0. The third-order valence-electron chi connectivity index (χ3n) is 2.81. The maximum absolute atomic E-state index is 11.1. The lowest BCUT2D eigenvalue weighted by Crippen LogP contribution is -1.96. The molecule has 1 heterocycles. The molecule has 0 radical (unpaired) electrons. The topological polar surface area (TPSA) is 39.2 Å². The predicted octanol–water partition coefficient (Wildman–Crippen LogP) is 3.69. The van der Waals surface area contributed by atoms with Gasteiger partial charge in [0.25, 0.3) is 0 Å². The van der Waals surface area contributed by atoms with Gasteiger partial charge in [0.05, 0.1) is 6.20 Å². The number of benzene rings is 1. The Kier molecular flexibility index (Phi) is 3.42. The Labute approximate surface area is 106 Å². The largest absolute Gasteiger partial charge is 0.456 e. The van der Waals surface area contributed by atoms with Gasteiger partial charge in [-0.25, -0.2) is 4.98 Å². The summed E-state index contributed by atoms with van der Waals surface area (Å²) in [5, 5.41) is 0. The van der Waals surface area contributed by atoms with Crippen molar-refractivity contribution in [1.29, 1.82) is 0 Å². The molecule has 0 saturated carbocycles. The lowest BCUT2D eigenvalue weighted by molar-refractivity contribution is 0.101. The Balaban J connectivity index is 2.18. The van der Waals surface area contributed by atoms with Crippen molar-refractivity contribution in [3.63, 3.8) is 0 Å². The zero-order valence-electron chi connectivity index (χ0n) is 10.7. The number of ether oxygens (including phenoxy) is 1. The maximum Gasteiger partial charge on any atom is 0.178 e. The molecule has 92 valence electrons. The summed E-state index contributed by atoms with van der Waals surface area (Å²) in [5.74, 6) is 1.35. The maximum atomic E-state index is 11.1. The Morgan fingerprint density at radius 2 is 1.78 bits per heavy atom. The number of rotatable bonds is 3. The van der Waals surface area contributed by atoms with Crippen molar-refractivity contribution in [2.24, 2.45) is 0 Å². The number of nitrogens with zero attached hydrogens (tertiary/aromatic N) is 1. The van der Waals surface area contributed by atoms with Gasteiger partial charge in [0.1, 0.15) is 17.2 Å². The van der Waals surface area contributed by atoms with Crippen LogP contribution in [0.3, 0.4) is 0 Å². The molecule has 18 heavy (non-hydrogen) atoms. The van der Waals surface area contributed by atoms with Crippen LogP contribution in [0.5, 0.6) is 11.5 Å². The minimum Gasteiger partial charge on any atom is -0.456 e. The summed E-state index contributed by atoms with van der Waals surface area (Å²) in [6, 6.07) is 9.33. The molecule has 0 fully saturated rings. The average molecular weight is 241 g/mol. The van der Waals surface area contributed by atoms with Crippen LogP contribution in [0.1, 0.15) is 28.5 Å². The molecule has 0 spiro atoms. The summed E-state index contributed by atoms with van der Waals surface area (Å²) in [5.41, 5.74) is 2.86. The summed E-state index contributed by atoms with van der Waals surface area (Å²) in [6.07, 6.45) is 1.56. The number of carbonyl (C=O) groups excluding carboxylic acids is 1. The first-order chi connectivity index (χ1) is 8.56. The quantitative estimate of drug-likeness (QED) is 0.769. The average Bonchev–Trinajstić information content (AvgIpc) is 2.34. The second-order valence-electron chi connectivity index (χ2n) is 4.28. The van der Waals surface area contributed by atoms with Crippen molar-refractivity contribution in [2.75, 3.05) is 0 Å². The van der Waals surface area contributed by atoms with Crippen LogP contribution >= 0.6 is 0 Å². The molecule has 0 aliphatic heterocycles. The van der Waals surface area contributed by atoms with Crippen molar-refractivity contribution in [3.05, 3.63) is 53.3 Å². The third kappa shape index (κ3) is 2.74. The van der Waals surface area contributed by atoms with Gasteiger partial charge >= 0.3 is 0 Å². The van der Waals surface area contributed by atoms with Crippen LogP contribution in [0.25, 0.3) is 0 Å². The van der Waals surface area contributed by atoms with E-state index in [9.17, 15) is 4.79 Å². The van der Waals surface area contributed by atoms with E-state index in [0.717, 1.165) is 5.75 Å². The number of carbonyl (C=O) groups is 1. The zero-order valence-corrected chi connectivity index (χ0v) is 10.7. The highest BCUT2D eigenvalue weighted by molar-refractivity contribution is 5.92. The number of hydrogen-bond acceptors (Lipinski definition) is 3. The van der Waals surface area contributed by atoms with Crippen LogP contribution in [0.4, 0.5) is 0 Å². The lowest BCUT2D eigenvalue weighted by atomic mass is 10.1. The normalized spacial score (nSPS) is 10.2. The van der Waals surface area contributed by atoms with Gasteiger partial charge in [-0.1, -0.05) is 6.07 Å². The molecule has 3 heteroatoms. The standard InChI is InChI=1S/C15H15NO2/c1-10-4-5-13(8-11(10)2)18-14-6-7-15(12(3)17)16-9-14/h4-9H,1-3H3. The molecular weight excluding hydrogens is 226 g/mol. The Morgan fingerprint density at radius 1 is 1.06 bits per heavy atom. The lowest BCUT2D eigenvalue weighted by Gasteiger charge is -2.07. The summed E-state index contributed by atoms with van der Waals surface area (Å²) in [6.45, 7) is 5.59. The van der Waals surface area contributed by atoms with Crippen molar-refractivity contribution >= 4 is 5.78 Å². The van der Waals surface area contributed by atoms with Crippen molar-refractivity contribution < 1.29 is 9.53 Å². The second kappa shape index (κ2) is 5.00. The first kappa shape index (κ1) is 12.3. The highest BCUT2D eigenvalue weighted by atomic mass is 16.5. The van der Waals surface area contributed by atoms with Gasteiger partial charge in [-0.3, -0.25) is 4.79 Å². The van der Waals surface area contributed by atoms with E-state index in [4.69, 9.17) is 4.74 Å². The van der Waals surface area contributed by atoms with Crippen molar-refractivity contribution in [2.45, 2.75) is 20.8 Å². The van der Waals surface area contributed by atoms with E-state index >= 15 is 0 Å². The van der Waals surface area contributed by atoms with Crippen molar-refractivity contribution in [1.82, 2.24) is 4.98 Å². The van der Waals surface area contributed by atoms with E-state index in [-0.39, 0.29) is 5.78 Å². The fraction of sp³-hybridized carbons (Fsp3) is 0.200. The molecule has 0 aliphatic carbocycles. The van der Waals surface area contributed by atoms with Gasteiger partial charge in [0.15, 0.2) is 5.78 Å². The van der Waals surface area contributed by atoms with Gasteiger partial charge in [0, 0.05) is 6.92 Å². The minimum atomic E-state index is -0.0484. The monoisotopic (exact) mass is 241 g/mol. The smallest absolute Gasteiger partial charge is 0.178 e. The first-order valence-corrected chi connectivity index (χ1v) is 5.78. The second-order valence-corrected chi connectivity index (χ2v) is 4.28. The fourth-order valence-electron chi connectivity index (χ4n) is 1.56. The summed E-state index contributed by atoms with van der Waals surface area (Å²) >= 11 is 0. The van der Waals surface area contributed by atoms with Crippen LogP contribution in [-0.4, -0.2) is 10.8 Å². The van der Waals surface area contributed by atoms with Gasteiger partial charge in [-0.15, -0.1) is 0 Å². The molecule has 1 aromatic heterocycles. The van der Waals surface area contributed by atoms with Crippen LogP contribution < -0.4 is 4.74 Å². The molecule has 0 amide bonds. The molecular formula is C15H15NO2. The molecule has 0 aliphatic rings. The minimum absolute atomic E-state index is 0.0484. The van der Waals surface area contributed by atoms with E-state index in [1.54, 1.807) is 18.3 Å². The highest BCUT2D eigenvalue weighted by Crippen LogP contribution is 2.23. The Morgan fingerprint density at radius 3 is 2.33 bits per heavy atom. The van der Waals surface area contributed by atoms with E-state index in [1.165, 1.54) is 18.1 Å². The molecule has 0 saturated heterocycles. The van der Waals surface area contributed by atoms with Crippen LogP contribution in [0.2, 0.25) is 0 Å². The van der Waals surface area contributed by atoms with Gasteiger partial charge < -0.3 is 4.74 Å². The van der Waals surface area contributed by atoms with Gasteiger partial charge in [0.2, 0.25) is 0 Å². The van der Waals surface area contributed by atoms with E-state index in [1.807, 2.05) is 25.1 Å². The molecule has 0 N–H and O–H groups in total. The molecule has 0 unspecified atom stereocenters. The predicted molar refractivity (Wildman–Crippen MR) is 70.2 cm³/mol. The molecule has 2 rings (SSSR count). The van der Waals surface area contributed by atoms with Gasteiger partial charge in [-0.05, 0) is 49.2 Å². The number of hydrogen-bond donors (Lipinski definition) is 0. The molecule has 0 bridgehead atoms. The third-order valence-corrected chi connectivity index (χ3v) is 2.81. The Hall–Kier alpha value is -2.16. The fourth-order valence-corrected chi connectivity index (χ4v) is 1.56. The summed E-state index contributed by atoms with van der Waals surface area (Å²) in [4.78, 5) is 15.1. The van der Waals surface area contributed by atoms with Crippen LogP contribution in [0, 0.1) is 13.8 Å². The van der Waals surface area contributed by atoms with E-state index in [2.05, 4.69) is 11.9 Å². The Bertz CT molecular complexity index is 574. The molecule has 2 aromatic rings. The molecule has 1 aromatic carbocycles. The van der Waals surface area contributed by atoms with Crippen LogP contribution in [-0.2, 0) is 0 Å². The first-order valence-electron chi connectivity index (χ1n) is 5.78.